The van der Waals surface area contributed by atoms with E-state index in [0.29, 0.717) is 5.95 Å². The molecular formula is C14H23N5O. The van der Waals surface area contributed by atoms with Gasteiger partial charge in [0.25, 0.3) is 0 Å². The van der Waals surface area contributed by atoms with Crippen LogP contribution in [-0.4, -0.2) is 53.5 Å². The van der Waals surface area contributed by atoms with Crippen molar-refractivity contribution in [1.82, 2.24) is 14.9 Å². The topological polar surface area (TPSA) is 61.4 Å². The first kappa shape index (κ1) is 14.6. The zero-order valence-electron chi connectivity index (χ0n) is 12.5. The van der Waals surface area contributed by atoms with Gasteiger partial charge in [-0.3, -0.25) is 4.79 Å². The summed E-state index contributed by atoms with van der Waals surface area (Å²) >= 11 is 0. The number of rotatable bonds is 3. The average molecular weight is 277 g/mol. The van der Waals surface area contributed by atoms with Crippen molar-refractivity contribution in [1.29, 1.82) is 0 Å². The van der Waals surface area contributed by atoms with E-state index in [1.165, 1.54) is 0 Å². The average Bonchev–Trinajstić information content (AvgIpc) is 2.64. The summed E-state index contributed by atoms with van der Waals surface area (Å²) in [7, 11) is 0. The summed E-state index contributed by atoms with van der Waals surface area (Å²) in [5.41, 5.74) is 0.957. The number of aromatic nitrogens is 2. The zero-order valence-corrected chi connectivity index (χ0v) is 12.5. The van der Waals surface area contributed by atoms with Gasteiger partial charge in [-0.2, -0.15) is 4.98 Å². The molecule has 20 heavy (non-hydrogen) atoms. The van der Waals surface area contributed by atoms with Crippen LogP contribution in [0.25, 0.3) is 0 Å². The highest BCUT2D eigenvalue weighted by atomic mass is 16.2. The molecule has 0 spiro atoms. The summed E-state index contributed by atoms with van der Waals surface area (Å²) in [6.45, 7) is 9.78. The lowest BCUT2D eigenvalue weighted by Crippen LogP contribution is -2.34. The minimum atomic E-state index is 0.152. The second-order valence-electron chi connectivity index (χ2n) is 5.07. The van der Waals surface area contributed by atoms with Gasteiger partial charge in [-0.15, -0.1) is 0 Å². The summed E-state index contributed by atoms with van der Waals surface area (Å²) in [5.74, 6) is 1.77. The largest absolute Gasteiger partial charge is 0.355 e. The van der Waals surface area contributed by atoms with Crippen molar-refractivity contribution in [2.75, 3.05) is 42.9 Å². The highest BCUT2D eigenvalue weighted by Crippen LogP contribution is 2.17. The minimum absolute atomic E-state index is 0.152. The van der Waals surface area contributed by atoms with E-state index in [-0.39, 0.29) is 5.91 Å². The zero-order chi connectivity index (χ0) is 14.5. The smallest absolute Gasteiger partial charge is 0.224 e. The van der Waals surface area contributed by atoms with Crippen molar-refractivity contribution in [2.45, 2.75) is 27.2 Å². The molecule has 1 aromatic rings. The molecule has 2 rings (SSSR count). The summed E-state index contributed by atoms with van der Waals surface area (Å²) in [6.07, 6.45) is 0.971. The van der Waals surface area contributed by atoms with Crippen molar-refractivity contribution in [3.05, 3.63) is 11.8 Å². The van der Waals surface area contributed by atoms with Crippen LogP contribution < -0.4 is 10.2 Å². The Balaban J connectivity index is 2.12. The Bertz CT molecular complexity index is 477. The first-order chi connectivity index (χ1) is 9.60. The maximum atomic E-state index is 11.5. The molecule has 6 nitrogen and oxygen atoms in total. The van der Waals surface area contributed by atoms with Crippen LogP contribution in [-0.2, 0) is 4.79 Å². The highest BCUT2D eigenvalue weighted by Gasteiger charge is 2.18. The van der Waals surface area contributed by atoms with Gasteiger partial charge in [0.1, 0.15) is 5.82 Å². The van der Waals surface area contributed by atoms with Crippen LogP contribution >= 0.6 is 0 Å². The Morgan fingerprint density at radius 1 is 1.30 bits per heavy atom. The van der Waals surface area contributed by atoms with E-state index in [1.54, 1.807) is 6.92 Å². The van der Waals surface area contributed by atoms with Crippen molar-refractivity contribution < 1.29 is 4.79 Å². The molecule has 1 aliphatic rings. The molecule has 1 fully saturated rings. The maximum absolute atomic E-state index is 11.5. The number of amides is 1. The molecule has 0 radical (unpaired) electrons. The third-order valence-electron chi connectivity index (χ3n) is 3.44. The third kappa shape index (κ3) is 3.59. The van der Waals surface area contributed by atoms with Gasteiger partial charge in [-0.25, -0.2) is 4.98 Å². The normalized spacial score (nSPS) is 15.9. The minimum Gasteiger partial charge on any atom is -0.355 e. The van der Waals surface area contributed by atoms with Crippen LogP contribution in [0.4, 0.5) is 11.8 Å². The molecule has 1 amide bonds. The van der Waals surface area contributed by atoms with Gasteiger partial charge in [0.2, 0.25) is 11.9 Å². The van der Waals surface area contributed by atoms with E-state index < -0.39 is 0 Å². The second kappa shape index (κ2) is 6.54. The maximum Gasteiger partial charge on any atom is 0.224 e. The van der Waals surface area contributed by atoms with Gasteiger partial charge < -0.3 is 15.1 Å². The van der Waals surface area contributed by atoms with Gasteiger partial charge in [0.15, 0.2) is 0 Å². The van der Waals surface area contributed by atoms with Crippen LogP contribution in [0.2, 0.25) is 0 Å². The van der Waals surface area contributed by atoms with Gasteiger partial charge in [-0.1, -0.05) is 0 Å². The van der Waals surface area contributed by atoms with Crippen LogP contribution in [0.15, 0.2) is 6.07 Å². The number of anilines is 2. The van der Waals surface area contributed by atoms with Gasteiger partial charge in [0, 0.05) is 51.4 Å². The molecule has 0 bridgehead atoms. The molecule has 0 saturated carbocycles. The molecule has 110 valence electrons. The van der Waals surface area contributed by atoms with Crippen molar-refractivity contribution >= 4 is 17.7 Å². The first-order valence-electron chi connectivity index (χ1n) is 7.20. The third-order valence-corrected chi connectivity index (χ3v) is 3.44. The molecule has 0 atom stereocenters. The van der Waals surface area contributed by atoms with Crippen LogP contribution in [0, 0.1) is 6.92 Å². The number of nitrogens with one attached hydrogen (secondary N) is 1. The van der Waals surface area contributed by atoms with Gasteiger partial charge >= 0.3 is 0 Å². The molecule has 2 heterocycles. The predicted octanol–water partition coefficient (Wildman–Crippen LogP) is 1.28. The second-order valence-corrected chi connectivity index (χ2v) is 5.07. The van der Waals surface area contributed by atoms with Crippen LogP contribution in [0.5, 0.6) is 0 Å². The monoisotopic (exact) mass is 277 g/mol. The fourth-order valence-electron chi connectivity index (χ4n) is 2.41. The van der Waals surface area contributed by atoms with Crippen molar-refractivity contribution in [3.63, 3.8) is 0 Å². The summed E-state index contributed by atoms with van der Waals surface area (Å²) in [6, 6.07) is 2.00. The lowest BCUT2D eigenvalue weighted by molar-refractivity contribution is -0.128. The quantitative estimate of drug-likeness (QED) is 0.901. The standard InChI is InChI=1S/C14H23N5O/c1-4-15-14-16-11(2)10-13(17-14)19-7-5-6-18(8-9-19)12(3)20/h10H,4-9H2,1-3H3,(H,15,16,17). The number of carbonyl (C=O) groups excluding carboxylic acids is 1. The van der Waals surface area contributed by atoms with Crippen molar-refractivity contribution in [3.8, 4) is 0 Å². The van der Waals surface area contributed by atoms with Gasteiger partial charge in [-0.05, 0) is 20.3 Å². The Kier molecular flexibility index (Phi) is 4.76. The lowest BCUT2D eigenvalue weighted by Gasteiger charge is -2.23. The first-order valence-corrected chi connectivity index (χ1v) is 7.20. The molecule has 1 saturated heterocycles. The van der Waals surface area contributed by atoms with E-state index in [0.717, 1.165) is 50.7 Å². The molecule has 0 unspecified atom stereocenters. The Labute approximate surface area is 120 Å². The number of hydrogen-bond acceptors (Lipinski definition) is 5. The molecule has 1 aliphatic heterocycles. The summed E-state index contributed by atoms with van der Waals surface area (Å²) < 4.78 is 0. The molecule has 1 aromatic heterocycles. The Morgan fingerprint density at radius 3 is 2.80 bits per heavy atom. The molecule has 0 aliphatic carbocycles. The fourth-order valence-corrected chi connectivity index (χ4v) is 2.41. The summed E-state index contributed by atoms with van der Waals surface area (Å²) in [4.78, 5) is 24.5. The Morgan fingerprint density at radius 2 is 2.10 bits per heavy atom. The van der Waals surface area contributed by atoms with E-state index in [9.17, 15) is 4.79 Å². The molecule has 0 aromatic carbocycles. The number of nitrogens with zero attached hydrogens (tertiary/aromatic N) is 4. The molecule has 6 heteroatoms. The van der Waals surface area contributed by atoms with Gasteiger partial charge in [0.05, 0.1) is 0 Å². The van der Waals surface area contributed by atoms with Crippen LogP contribution in [0.3, 0.4) is 0 Å². The van der Waals surface area contributed by atoms with Crippen molar-refractivity contribution in [2.24, 2.45) is 0 Å². The summed E-state index contributed by atoms with van der Waals surface area (Å²) in [5, 5.41) is 3.16. The van der Waals surface area contributed by atoms with E-state index in [2.05, 4.69) is 20.2 Å². The number of carbonyl (C=O) groups is 1. The van der Waals surface area contributed by atoms with Crippen LogP contribution in [0.1, 0.15) is 26.0 Å². The SMILES string of the molecule is CCNc1nc(C)cc(N2CCCN(C(C)=O)CC2)n1. The highest BCUT2D eigenvalue weighted by molar-refractivity contribution is 5.73. The number of hydrogen-bond donors (Lipinski definition) is 1. The molecule has 1 N–H and O–H groups in total. The predicted molar refractivity (Wildman–Crippen MR) is 80.0 cm³/mol. The van der Waals surface area contributed by atoms with E-state index >= 15 is 0 Å². The fraction of sp³-hybridized carbons (Fsp3) is 0.643. The molecular weight excluding hydrogens is 254 g/mol. The Hall–Kier alpha value is -1.85. The lowest BCUT2D eigenvalue weighted by atomic mass is 10.3. The number of aryl methyl sites for hydroxylation is 1. The van der Waals surface area contributed by atoms with E-state index in [4.69, 9.17) is 0 Å². The van der Waals surface area contributed by atoms with E-state index in [1.807, 2.05) is 24.8 Å².